The summed E-state index contributed by atoms with van der Waals surface area (Å²) in [5, 5.41) is 12.8. The number of thioether (sulfide) groups is 1. The predicted molar refractivity (Wildman–Crippen MR) is 110 cm³/mol. The van der Waals surface area contributed by atoms with E-state index in [0.717, 1.165) is 5.56 Å². The van der Waals surface area contributed by atoms with E-state index in [0.29, 0.717) is 22.0 Å². The lowest BCUT2D eigenvalue weighted by atomic mass is 10.1. The molecule has 146 valence electrons. The van der Waals surface area contributed by atoms with Gasteiger partial charge in [0.25, 0.3) is 11.3 Å². The summed E-state index contributed by atoms with van der Waals surface area (Å²) in [5.74, 6) is 1.06. The van der Waals surface area contributed by atoms with E-state index < -0.39 is 0 Å². The third-order valence-corrected chi connectivity index (χ3v) is 5.24. The second-order valence-electron chi connectivity index (χ2n) is 6.33. The van der Waals surface area contributed by atoms with Gasteiger partial charge in [-0.3, -0.25) is 14.6 Å². The molecule has 0 amide bonds. The number of nitrogens with one attached hydrogen (secondary N) is 1. The number of hydrogen-bond acceptors (Lipinski definition) is 7. The molecule has 9 heteroatoms. The number of carbonyl (C=O) groups is 1. The van der Waals surface area contributed by atoms with Crippen LogP contribution in [0.25, 0.3) is 17.0 Å². The zero-order valence-electron chi connectivity index (χ0n) is 15.7. The SMILES string of the molecule is COc1ccc(-c2nn3c(SCC(=O)c4ccc(C)cc4)nnc3[nH]c2=O)cc1. The van der Waals surface area contributed by atoms with Gasteiger partial charge < -0.3 is 4.74 Å². The Labute approximate surface area is 169 Å². The quantitative estimate of drug-likeness (QED) is 0.387. The molecule has 29 heavy (non-hydrogen) atoms. The number of H-pyrrole nitrogens is 1. The van der Waals surface area contributed by atoms with Gasteiger partial charge in [0, 0.05) is 11.1 Å². The van der Waals surface area contributed by atoms with Gasteiger partial charge in [0.15, 0.2) is 11.5 Å². The lowest BCUT2D eigenvalue weighted by Gasteiger charge is -2.04. The maximum Gasteiger partial charge on any atom is 0.279 e. The Hall–Kier alpha value is -3.46. The molecule has 0 aliphatic heterocycles. The number of ketones is 1. The van der Waals surface area contributed by atoms with Gasteiger partial charge in [-0.25, -0.2) is 0 Å². The Morgan fingerprint density at radius 2 is 1.83 bits per heavy atom. The molecule has 0 saturated carbocycles. The molecule has 0 saturated heterocycles. The van der Waals surface area contributed by atoms with Crippen LogP contribution in [-0.4, -0.2) is 43.4 Å². The highest BCUT2D eigenvalue weighted by Crippen LogP contribution is 2.20. The highest BCUT2D eigenvalue weighted by atomic mass is 32.2. The highest BCUT2D eigenvalue weighted by Gasteiger charge is 2.15. The summed E-state index contributed by atoms with van der Waals surface area (Å²) in [6, 6.07) is 14.4. The molecule has 0 aliphatic carbocycles. The molecule has 0 spiro atoms. The Bertz CT molecular complexity index is 1230. The molecule has 1 N–H and O–H groups in total. The molecular formula is C20H17N5O3S. The van der Waals surface area contributed by atoms with Crippen molar-refractivity contribution in [2.75, 3.05) is 12.9 Å². The number of aryl methyl sites for hydroxylation is 1. The molecule has 0 atom stereocenters. The largest absolute Gasteiger partial charge is 0.497 e. The lowest BCUT2D eigenvalue weighted by molar-refractivity contribution is 0.102. The Morgan fingerprint density at radius 1 is 1.10 bits per heavy atom. The molecular weight excluding hydrogens is 390 g/mol. The topological polar surface area (TPSA) is 102 Å². The van der Waals surface area contributed by atoms with E-state index in [-0.39, 0.29) is 28.6 Å². The first-order valence-electron chi connectivity index (χ1n) is 8.78. The molecule has 0 unspecified atom stereocenters. The summed E-state index contributed by atoms with van der Waals surface area (Å²) in [4.78, 5) is 27.5. The van der Waals surface area contributed by atoms with Crippen molar-refractivity contribution in [3.05, 3.63) is 70.0 Å². The van der Waals surface area contributed by atoms with E-state index in [1.807, 2.05) is 19.1 Å². The fourth-order valence-corrected chi connectivity index (χ4v) is 3.50. The highest BCUT2D eigenvalue weighted by molar-refractivity contribution is 7.99. The third-order valence-electron chi connectivity index (χ3n) is 4.32. The summed E-state index contributed by atoms with van der Waals surface area (Å²) in [6.07, 6.45) is 0. The van der Waals surface area contributed by atoms with Crippen molar-refractivity contribution in [1.29, 1.82) is 0 Å². The summed E-state index contributed by atoms with van der Waals surface area (Å²) in [5.41, 5.74) is 2.22. The maximum atomic E-state index is 12.4. The van der Waals surface area contributed by atoms with Crippen molar-refractivity contribution in [2.45, 2.75) is 12.1 Å². The average Bonchev–Trinajstić information content (AvgIpc) is 3.13. The zero-order chi connectivity index (χ0) is 20.4. The van der Waals surface area contributed by atoms with Crippen molar-refractivity contribution in [2.24, 2.45) is 0 Å². The normalized spacial score (nSPS) is 11.0. The fraction of sp³-hybridized carbons (Fsp3) is 0.150. The number of aromatic amines is 1. The minimum absolute atomic E-state index is 0.0217. The minimum Gasteiger partial charge on any atom is -0.497 e. The Morgan fingerprint density at radius 3 is 2.52 bits per heavy atom. The number of rotatable bonds is 6. The predicted octanol–water partition coefficient (Wildman–Crippen LogP) is 2.77. The monoisotopic (exact) mass is 407 g/mol. The number of nitrogens with zero attached hydrogens (tertiary/aromatic N) is 4. The number of methoxy groups -OCH3 is 1. The standard InChI is InChI=1S/C20H17N5O3S/c1-12-3-5-13(6-4-12)16(26)11-29-20-23-22-19-21-18(27)17(24-25(19)20)14-7-9-15(28-2)10-8-14/h3-10H,11H2,1-2H3,(H,21,22,27). The molecule has 2 aromatic carbocycles. The van der Waals surface area contributed by atoms with Crippen LogP contribution in [0.5, 0.6) is 5.75 Å². The van der Waals surface area contributed by atoms with Crippen LogP contribution in [0.2, 0.25) is 0 Å². The van der Waals surface area contributed by atoms with Crippen LogP contribution in [0.15, 0.2) is 58.5 Å². The molecule has 4 aromatic rings. The van der Waals surface area contributed by atoms with Crippen molar-refractivity contribution in [3.63, 3.8) is 0 Å². The second kappa shape index (κ2) is 7.88. The van der Waals surface area contributed by atoms with Gasteiger partial charge in [-0.15, -0.1) is 10.2 Å². The number of Topliss-reactive ketones (excluding diaryl/α,β-unsaturated/α-hetero) is 1. The number of benzene rings is 2. The van der Waals surface area contributed by atoms with E-state index in [2.05, 4.69) is 20.3 Å². The first kappa shape index (κ1) is 18.9. The van der Waals surface area contributed by atoms with Crippen molar-refractivity contribution in [3.8, 4) is 17.0 Å². The van der Waals surface area contributed by atoms with E-state index in [9.17, 15) is 9.59 Å². The van der Waals surface area contributed by atoms with Gasteiger partial charge in [0.05, 0.1) is 12.9 Å². The maximum absolute atomic E-state index is 12.4. The zero-order valence-corrected chi connectivity index (χ0v) is 16.6. The van der Waals surface area contributed by atoms with Crippen LogP contribution in [0, 0.1) is 6.92 Å². The fourth-order valence-electron chi connectivity index (χ4n) is 2.72. The Balaban J connectivity index is 1.61. The second-order valence-corrected chi connectivity index (χ2v) is 7.27. The van der Waals surface area contributed by atoms with Crippen LogP contribution in [0.3, 0.4) is 0 Å². The molecule has 8 nitrogen and oxygen atoms in total. The van der Waals surface area contributed by atoms with Crippen molar-refractivity contribution >= 4 is 23.3 Å². The van der Waals surface area contributed by atoms with Gasteiger partial charge in [0.2, 0.25) is 5.16 Å². The molecule has 2 aromatic heterocycles. The average molecular weight is 407 g/mol. The lowest BCUT2D eigenvalue weighted by Crippen LogP contribution is -2.15. The molecule has 0 aliphatic rings. The molecule has 4 rings (SSSR count). The molecule has 2 heterocycles. The molecule has 0 fully saturated rings. The number of hydrogen-bond donors (Lipinski definition) is 1. The van der Waals surface area contributed by atoms with Crippen LogP contribution >= 0.6 is 11.8 Å². The van der Waals surface area contributed by atoms with E-state index in [1.165, 1.54) is 16.3 Å². The van der Waals surface area contributed by atoms with Gasteiger partial charge in [0.1, 0.15) is 5.75 Å². The van der Waals surface area contributed by atoms with Crippen LogP contribution in [0.1, 0.15) is 15.9 Å². The van der Waals surface area contributed by atoms with E-state index >= 15 is 0 Å². The van der Waals surface area contributed by atoms with Crippen LogP contribution in [-0.2, 0) is 0 Å². The third kappa shape index (κ3) is 3.90. The molecule has 0 radical (unpaired) electrons. The first-order chi connectivity index (χ1) is 14.0. The number of carbonyl (C=O) groups excluding carboxylic acids is 1. The first-order valence-corrected chi connectivity index (χ1v) is 9.76. The van der Waals surface area contributed by atoms with Crippen LogP contribution in [0.4, 0.5) is 0 Å². The van der Waals surface area contributed by atoms with Crippen molar-refractivity contribution in [1.82, 2.24) is 24.8 Å². The van der Waals surface area contributed by atoms with E-state index in [4.69, 9.17) is 4.74 Å². The number of aromatic nitrogens is 5. The van der Waals surface area contributed by atoms with Gasteiger partial charge in [-0.05, 0) is 31.2 Å². The van der Waals surface area contributed by atoms with Gasteiger partial charge in [-0.1, -0.05) is 41.6 Å². The van der Waals surface area contributed by atoms with E-state index in [1.54, 1.807) is 43.5 Å². The van der Waals surface area contributed by atoms with Gasteiger partial charge >= 0.3 is 0 Å². The summed E-state index contributed by atoms with van der Waals surface area (Å²) in [6.45, 7) is 1.97. The van der Waals surface area contributed by atoms with Crippen molar-refractivity contribution < 1.29 is 9.53 Å². The number of fused-ring (bicyclic) bond motifs is 1. The summed E-state index contributed by atoms with van der Waals surface area (Å²) >= 11 is 1.21. The smallest absolute Gasteiger partial charge is 0.279 e. The van der Waals surface area contributed by atoms with Crippen LogP contribution < -0.4 is 10.3 Å². The van der Waals surface area contributed by atoms with Gasteiger partial charge in [-0.2, -0.15) is 9.61 Å². The molecule has 0 bridgehead atoms. The number of ether oxygens (including phenoxy) is 1. The Kier molecular flexibility index (Phi) is 5.13. The summed E-state index contributed by atoms with van der Waals surface area (Å²) in [7, 11) is 1.57. The minimum atomic E-state index is -0.373. The summed E-state index contributed by atoms with van der Waals surface area (Å²) < 4.78 is 6.58.